The first-order valence-corrected chi connectivity index (χ1v) is 7.14. The number of anilines is 1. The summed E-state index contributed by atoms with van der Waals surface area (Å²) in [6.45, 7) is -3.66. The fourth-order valence-corrected chi connectivity index (χ4v) is 1.94. The first-order chi connectivity index (χ1) is 12.0. The number of alkyl halides is 2. The second kappa shape index (κ2) is 8.62. The average molecular weight is 351 g/mol. The number of benzene rings is 2. The van der Waals surface area contributed by atoms with Crippen LogP contribution in [-0.2, 0) is 9.53 Å². The molecule has 2 aromatic rings. The first-order valence-electron chi connectivity index (χ1n) is 7.14. The van der Waals surface area contributed by atoms with Crippen molar-refractivity contribution in [2.24, 2.45) is 0 Å². The molecule has 0 saturated carbocycles. The van der Waals surface area contributed by atoms with Gasteiger partial charge in [-0.25, -0.2) is 4.79 Å². The number of para-hydroxylation sites is 1. The van der Waals surface area contributed by atoms with Gasteiger partial charge in [-0.15, -0.1) is 0 Å². The van der Waals surface area contributed by atoms with Crippen LogP contribution in [0, 0.1) is 0 Å². The molecule has 0 aliphatic heterocycles. The Morgan fingerprint density at radius 2 is 1.88 bits per heavy atom. The highest BCUT2D eigenvalue weighted by Gasteiger charge is 2.17. The van der Waals surface area contributed by atoms with E-state index in [1.165, 1.54) is 31.4 Å². The summed E-state index contributed by atoms with van der Waals surface area (Å²) in [6, 6.07) is 12.0. The molecule has 1 N–H and O–H groups in total. The van der Waals surface area contributed by atoms with Crippen molar-refractivity contribution >= 4 is 17.6 Å². The van der Waals surface area contributed by atoms with Gasteiger partial charge in [0.2, 0.25) is 0 Å². The van der Waals surface area contributed by atoms with Gasteiger partial charge in [0.05, 0.1) is 7.11 Å². The van der Waals surface area contributed by atoms with Gasteiger partial charge in [0.15, 0.2) is 6.61 Å². The van der Waals surface area contributed by atoms with Gasteiger partial charge in [-0.1, -0.05) is 18.2 Å². The molecule has 0 atom stereocenters. The number of rotatable bonds is 7. The van der Waals surface area contributed by atoms with E-state index >= 15 is 0 Å². The van der Waals surface area contributed by atoms with Crippen LogP contribution in [-0.4, -0.2) is 32.2 Å². The molecule has 8 heteroatoms. The summed E-state index contributed by atoms with van der Waals surface area (Å²) in [7, 11) is 1.49. The van der Waals surface area contributed by atoms with Gasteiger partial charge in [0.25, 0.3) is 5.91 Å². The third kappa shape index (κ3) is 5.45. The first kappa shape index (κ1) is 18.2. The van der Waals surface area contributed by atoms with Crippen LogP contribution in [0.3, 0.4) is 0 Å². The minimum Gasteiger partial charge on any atom is -0.497 e. The summed E-state index contributed by atoms with van der Waals surface area (Å²) in [6.07, 6.45) is 0. The third-order valence-corrected chi connectivity index (χ3v) is 3.01. The van der Waals surface area contributed by atoms with Crippen LogP contribution in [0.15, 0.2) is 48.5 Å². The summed E-state index contributed by atoms with van der Waals surface area (Å²) in [5, 5.41) is 2.52. The van der Waals surface area contributed by atoms with E-state index < -0.39 is 25.1 Å². The predicted octanol–water partition coefficient (Wildman–Crippen LogP) is 3.09. The number of nitrogens with one attached hydrogen (secondary N) is 1. The van der Waals surface area contributed by atoms with E-state index in [1.807, 2.05) is 0 Å². The van der Waals surface area contributed by atoms with Crippen molar-refractivity contribution < 1.29 is 32.6 Å². The molecular formula is C17H15F2NO5. The van der Waals surface area contributed by atoms with Gasteiger partial charge in [0.1, 0.15) is 17.1 Å². The Morgan fingerprint density at radius 3 is 2.60 bits per heavy atom. The SMILES string of the molecule is COc1cccc(NC(=O)COC(=O)c2ccccc2OC(F)F)c1. The fourth-order valence-electron chi connectivity index (χ4n) is 1.94. The Bertz CT molecular complexity index is 751. The number of carbonyl (C=O) groups is 2. The van der Waals surface area contributed by atoms with Crippen LogP contribution in [0.2, 0.25) is 0 Å². The molecule has 0 unspecified atom stereocenters. The smallest absolute Gasteiger partial charge is 0.387 e. The maximum absolute atomic E-state index is 12.3. The lowest BCUT2D eigenvalue weighted by molar-refractivity contribution is -0.119. The molecule has 2 aromatic carbocycles. The summed E-state index contributed by atoms with van der Waals surface area (Å²) in [5.41, 5.74) is 0.263. The Morgan fingerprint density at radius 1 is 1.12 bits per heavy atom. The maximum atomic E-state index is 12.3. The van der Waals surface area contributed by atoms with Crippen molar-refractivity contribution in [2.45, 2.75) is 6.61 Å². The van der Waals surface area contributed by atoms with Crippen molar-refractivity contribution in [3.63, 3.8) is 0 Å². The van der Waals surface area contributed by atoms with Gasteiger partial charge in [0, 0.05) is 11.8 Å². The lowest BCUT2D eigenvalue weighted by Crippen LogP contribution is -2.21. The van der Waals surface area contributed by atoms with Crippen LogP contribution in [0.1, 0.15) is 10.4 Å². The number of amides is 1. The van der Waals surface area contributed by atoms with Crippen LogP contribution >= 0.6 is 0 Å². The zero-order valence-electron chi connectivity index (χ0n) is 13.2. The fraction of sp³-hybridized carbons (Fsp3) is 0.176. The molecule has 6 nitrogen and oxygen atoms in total. The van der Waals surface area contributed by atoms with Gasteiger partial charge in [-0.2, -0.15) is 8.78 Å². The topological polar surface area (TPSA) is 73.9 Å². The molecule has 0 fully saturated rings. The van der Waals surface area contributed by atoms with Gasteiger partial charge in [-0.3, -0.25) is 4.79 Å². The lowest BCUT2D eigenvalue weighted by Gasteiger charge is -2.10. The summed E-state index contributed by atoms with van der Waals surface area (Å²) in [5.74, 6) is -1.31. The molecule has 25 heavy (non-hydrogen) atoms. The number of carbonyl (C=O) groups excluding carboxylic acids is 2. The van der Waals surface area contributed by atoms with Gasteiger partial charge >= 0.3 is 12.6 Å². The second-order valence-electron chi connectivity index (χ2n) is 4.73. The molecule has 1 amide bonds. The van der Waals surface area contributed by atoms with Crippen molar-refractivity contribution in [2.75, 3.05) is 19.0 Å². The zero-order chi connectivity index (χ0) is 18.2. The quantitative estimate of drug-likeness (QED) is 0.776. The van der Waals surface area contributed by atoms with E-state index in [0.29, 0.717) is 11.4 Å². The Kier molecular flexibility index (Phi) is 6.27. The predicted molar refractivity (Wildman–Crippen MR) is 85.0 cm³/mol. The molecular weight excluding hydrogens is 336 g/mol. The number of esters is 1. The van der Waals surface area contributed by atoms with Crippen molar-refractivity contribution in [1.29, 1.82) is 0 Å². The molecule has 0 aromatic heterocycles. The molecule has 0 aliphatic carbocycles. The van der Waals surface area contributed by atoms with E-state index in [1.54, 1.807) is 24.3 Å². The minimum atomic E-state index is -3.08. The van der Waals surface area contributed by atoms with E-state index in [-0.39, 0.29) is 11.3 Å². The normalized spacial score (nSPS) is 10.2. The average Bonchev–Trinajstić information content (AvgIpc) is 2.60. The highest BCUT2D eigenvalue weighted by molar-refractivity contribution is 5.96. The van der Waals surface area contributed by atoms with Crippen LogP contribution in [0.25, 0.3) is 0 Å². The maximum Gasteiger partial charge on any atom is 0.387 e. The molecule has 2 rings (SSSR count). The van der Waals surface area contributed by atoms with E-state index in [2.05, 4.69) is 10.1 Å². The number of hydrogen-bond donors (Lipinski definition) is 1. The van der Waals surface area contributed by atoms with Crippen LogP contribution in [0.4, 0.5) is 14.5 Å². The van der Waals surface area contributed by atoms with Crippen molar-refractivity contribution in [1.82, 2.24) is 0 Å². The molecule has 132 valence electrons. The van der Waals surface area contributed by atoms with Crippen LogP contribution < -0.4 is 14.8 Å². The highest BCUT2D eigenvalue weighted by atomic mass is 19.3. The molecule has 0 bridgehead atoms. The molecule has 0 radical (unpaired) electrons. The zero-order valence-corrected chi connectivity index (χ0v) is 13.2. The highest BCUT2D eigenvalue weighted by Crippen LogP contribution is 2.21. The van der Waals surface area contributed by atoms with Crippen molar-refractivity contribution in [3.05, 3.63) is 54.1 Å². The third-order valence-electron chi connectivity index (χ3n) is 3.01. The lowest BCUT2D eigenvalue weighted by atomic mass is 10.2. The van der Waals surface area contributed by atoms with Crippen LogP contribution in [0.5, 0.6) is 11.5 Å². The summed E-state index contributed by atoms with van der Waals surface area (Å²) >= 11 is 0. The number of ether oxygens (including phenoxy) is 3. The largest absolute Gasteiger partial charge is 0.497 e. The van der Waals surface area contributed by atoms with E-state index in [0.717, 1.165) is 0 Å². The molecule has 0 heterocycles. The summed E-state index contributed by atoms with van der Waals surface area (Å²) in [4.78, 5) is 23.8. The van der Waals surface area contributed by atoms with Gasteiger partial charge in [-0.05, 0) is 24.3 Å². The Hall–Kier alpha value is -3.16. The monoisotopic (exact) mass is 351 g/mol. The van der Waals surface area contributed by atoms with E-state index in [9.17, 15) is 18.4 Å². The Balaban J connectivity index is 1.94. The second-order valence-corrected chi connectivity index (χ2v) is 4.73. The molecule has 0 saturated heterocycles. The Labute approximate surface area is 142 Å². The van der Waals surface area contributed by atoms with E-state index in [4.69, 9.17) is 9.47 Å². The number of methoxy groups -OCH3 is 1. The minimum absolute atomic E-state index is 0.197. The number of hydrogen-bond acceptors (Lipinski definition) is 5. The molecule has 0 spiro atoms. The standard InChI is InChI=1S/C17H15F2NO5/c1-23-12-6-4-5-11(9-12)20-15(21)10-24-16(22)13-7-2-3-8-14(13)25-17(18)19/h2-9,17H,10H2,1H3,(H,20,21). The number of halogens is 2. The summed E-state index contributed by atoms with van der Waals surface area (Å²) < 4.78 is 38.8. The van der Waals surface area contributed by atoms with Gasteiger partial charge < -0.3 is 19.5 Å². The molecule has 0 aliphatic rings. The van der Waals surface area contributed by atoms with Crippen molar-refractivity contribution in [3.8, 4) is 11.5 Å².